The van der Waals surface area contributed by atoms with Crippen molar-refractivity contribution in [3.63, 3.8) is 0 Å². The zero-order chi connectivity index (χ0) is 19.2. The van der Waals surface area contributed by atoms with Gasteiger partial charge in [-0.15, -0.1) is 0 Å². The molecule has 0 radical (unpaired) electrons. The van der Waals surface area contributed by atoms with Gasteiger partial charge in [0.15, 0.2) is 0 Å². The number of nitrogens with zero attached hydrogens (tertiary/aromatic N) is 1. The van der Waals surface area contributed by atoms with Gasteiger partial charge in [-0.05, 0) is 61.4 Å². The molecule has 2 aliphatic rings. The Labute approximate surface area is 160 Å². The molecule has 1 fully saturated rings. The number of rotatable bonds is 5. The summed E-state index contributed by atoms with van der Waals surface area (Å²) in [6.07, 6.45) is 4.11. The van der Waals surface area contributed by atoms with Crippen molar-refractivity contribution < 1.29 is 13.2 Å². The van der Waals surface area contributed by atoms with Crippen LogP contribution in [0.5, 0.6) is 0 Å². The SMILES string of the molecule is Cc1ccc(C(NC(=O)c2ccc3c(c2)CCN3S(C)(=O)=O)C2CC2)cc1. The number of aryl methyl sites for hydroxylation is 1. The van der Waals surface area contributed by atoms with Crippen LogP contribution in [0.3, 0.4) is 0 Å². The van der Waals surface area contributed by atoms with Gasteiger partial charge >= 0.3 is 0 Å². The number of carbonyl (C=O) groups is 1. The molecule has 2 aromatic carbocycles. The van der Waals surface area contributed by atoms with Crippen molar-refractivity contribution in [3.8, 4) is 0 Å². The quantitative estimate of drug-likeness (QED) is 0.861. The highest BCUT2D eigenvalue weighted by atomic mass is 32.2. The van der Waals surface area contributed by atoms with E-state index < -0.39 is 10.0 Å². The van der Waals surface area contributed by atoms with Crippen LogP contribution in [0.2, 0.25) is 0 Å². The van der Waals surface area contributed by atoms with E-state index in [9.17, 15) is 13.2 Å². The van der Waals surface area contributed by atoms with Crippen molar-refractivity contribution >= 4 is 21.6 Å². The number of amides is 1. The lowest BCUT2D eigenvalue weighted by Gasteiger charge is -2.20. The molecule has 1 unspecified atom stereocenters. The summed E-state index contributed by atoms with van der Waals surface area (Å²) in [5.41, 5.74) is 4.52. The molecular formula is C21H24N2O3S. The van der Waals surface area contributed by atoms with Crippen molar-refractivity contribution in [1.29, 1.82) is 0 Å². The van der Waals surface area contributed by atoms with Gasteiger partial charge in [0.05, 0.1) is 18.0 Å². The summed E-state index contributed by atoms with van der Waals surface area (Å²) in [7, 11) is -3.28. The lowest BCUT2D eigenvalue weighted by molar-refractivity contribution is 0.0931. The van der Waals surface area contributed by atoms with Crippen LogP contribution in [0.4, 0.5) is 5.69 Å². The summed E-state index contributed by atoms with van der Waals surface area (Å²) in [5.74, 6) is 0.389. The second kappa shape index (κ2) is 6.68. The lowest BCUT2D eigenvalue weighted by atomic mass is 10.00. The Kier molecular flexibility index (Phi) is 4.46. The Bertz CT molecular complexity index is 979. The van der Waals surface area contributed by atoms with Crippen LogP contribution in [0.15, 0.2) is 42.5 Å². The van der Waals surface area contributed by atoms with E-state index in [-0.39, 0.29) is 11.9 Å². The zero-order valence-corrected chi connectivity index (χ0v) is 16.4. The van der Waals surface area contributed by atoms with Crippen molar-refractivity contribution in [1.82, 2.24) is 5.32 Å². The molecule has 142 valence electrons. The molecule has 1 saturated carbocycles. The molecule has 27 heavy (non-hydrogen) atoms. The van der Waals surface area contributed by atoms with Crippen molar-refractivity contribution in [2.45, 2.75) is 32.2 Å². The average molecular weight is 385 g/mol. The Morgan fingerprint density at radius 2 is 1.85 bits per heavy atom. The maximum absolute atomic E-state index is 12.9. The van der Waals surface area contributed by atoms with E-state index in [2.05, 4.69) is 36.5 Å². The van der Waals surface area contributed by atoms with Crippen LogP contribution in [0, 0.1) is 12.8 Å². The number of sulfonamides is 1. The summed E-state index contributed by atoms with van der Waals surface area (Å²) >= 11 is 0. The molecule has 1 aliphatic heterocycles. The first-order valence-electron chi connectivity index (χ1n) is 9.31. The normalized spacial score (nSPS) is 17.5. The third-order valence-electron chi connectivity index (χ3n) is 5.41. The molecule has 0 spiro atoms. The highest BCUT2D eigenvalue weighted by Gasteiger charge is 2.34. The Morgan fingerprint density at radius 1 is 1.15 bits per heavy atom. The van der Waals surface area contributed by atoms with Crippen molar-refractivity contribution in [2.75, 3.05) is 17.1 Å². The van der Waals surface area contributed by atoms with Crippen LogP contribution >= 0.6 is 0 Å². The van der Waals surface area contributed by atoms with Gasteiger partial charge in [0.25, 0.3) is 5.91 Å². The zero-order valence-electron chi connectivity index (χ0n) is 15.6. The molecule has 1 N–H and O–H groups in total. The predicted molar refractivity (Wildman–Crippen MR) is 106 cm³/mol. The molecule has 1 amide bonds. The summed E-state index contributed by atoms with van der Waals surface area (Å²) in [6, 6.07) is 13.6. The fraction of sp³-hybridized carbons (Fsp3) is 0.381. The molecule has 1 atom stereocenters. The van der Waals surface area contributed by atoms with E-state index in [0.29, 0.717) is 30.1 Å². The Hall–Kier alpha value is -2.34. The number of anilines is 1. The van der Waals surface area contributed by atoms with Gasteiger partial charge in [-0.1, -0.05) is 29.8 Å². The standard InChI is InChI=1S/C21H24N2O3S/c1-14-3-5-15(6-4-14)20(16-7-8-16)22-21(24)18-9-10-19-17(13-18)11-12-23(19)27(2,25)26/h3-6,9-10,13,16,20H,7-8,11-12H2,1-2H3,(H,22,24). The van der Waals surface area contributed by atoms with Crippen LogP contribution in [0.25, 0.3) is 0 Å². The van der Waals surface area contributed by atoms with Gasteiger partial charge < -0.3 is 5.32 Å². The summed E-state index contributed by atoms with van der Waals surface area (Å²) in [4.78, 5) is 12.9. The van der Waals surface area contributed by atoms with Crippen molar-refractivity contribution in [2.24, 2.45) is 5.92 Å². The first kappa shape index (κ1) is 18.0. The molecular weight excluding hydrogens is 360 g/mol. The summed E-state index contributed by atoms with van der Waals surface area (Å²) < 4.78 is 25.1. The highest BCUT2D eigenvalue weighted by molar-refractivity contribution is 7.92. The molecule has 5 nitrogen and oxygen atoms in total. The largest absolute Gasteiger partial charge is 0.345 e. The van der Waals surface area contributed by atoms with Gasteiger partial charge in [0, 0.05) is 12.1 Å². The average Bonchev–Trinajstić information content (AvgIpc) is 3.37. The van der Waals surface area contributed by atoms with Gasteiger partial charge in [-0.3, -0.25) is 9.10 Å². The van der Waals surface area contributed by atoms with Crippen LogP contribution in [-0.4, -0.2) is 27.1 Å². The number of fused-ring (bicyclic) bond motifs is 1. The third kappa shape index (κ3) is 3.72. The third-order valence-corrected chi connectivity index (χ3v) is 6.59. The van der Waals surface area contributed by atoms with Gasteiger partial charge in [-0.2, -0.15) is 0 Å². The van der Waals surface area contributed by atoms with E-state index in [1.165, 1.54) is 16.1 Å². The van der Waals surface area contributed by atoms with Crippen LogP contribution in [-0.2, 0) is 16.4 Å². The van der Waals surface area contributed by atoms with E-state index in [0.717, 1.165) is 24.0 Å². The van der Waals surface area contributed by atoms with Gasteiger partial charge in [0.1, 0.15) is 0 Å². The maximum Gasteiger partial charge on any atom is 0.251 e. The minimum atomic E-state index is -3.28. The van der Waals surface area contributed by atoms with Gasteiger partial charge in [0.2, 0.25) is 10.0 Å². The molecule has 4 rings (SSSR count). The second-order valence-corrected chi connectivity index (χ2v) is 9.53. The minimum absolute atomic E-state index is 0.0267. The molecule has 2 aromatic rings. The van der Waals surface area contributed by atoms with E-state index in [1.54, 1.807) is 12.1 Å². The molecule has 1 heterocycles. The maximum atomic E-state index is 12.9. The molecule has 0 bridgehead atoms. The van der Waals surface area contributed by atoms with Gasteiger partial charge in [-0.25, -0.2) is 8.42 Å². The van der Waals surface area contributed by atoms with E-state index in [1.807, 2.05) is 6.07 Å². The minimum Gasteiger partial charge on any atom is -0.345 e. The van der Waals surface area contributed by atoms with E-state index in [4.69, 9.17) is 0 Å². The molecule has 0 aromatic heterocycles. The number of carbonyl (C=O) groups excluding carboxylic acids is 1. The van der Waals surface area contributed by atoms with E-state index >= 15 is 0 Å². The smallest absolute Gasteiger partial charge is 0.251 e. The number of nitrogens with one attached hydrogen (secondary N) is 1. The summed E-state index contributed by atoms with van der Waals surface area (Å²) in [5, 5.41) is 3.19. The highest BCUT2D eigenvalue weighted by Crippen LogP contribution is 2.41. The number of hydrogen-bond acceptors (Lipinski definition) is 3. The number of hydrogen-bond donors (Lipinski definition) is 1. The fourth-order valence-electron chi connectivity index (χ4n) is 3.76. The topological polar surface area (TPSA) is 66.5 Å². The molecule has 0 saturated heterocycles. The first-order valence-corrected chi connectivity index (χ1v) is 11.2. The molecule has 1 aliphatic carbocycles. The fourth-order valence-corrected chi connectivity index (χ4v) is 4.72. The Morgan fingerprint density at radius 3 is 2.48 bits per heavy atom. The Balaban J connectivity index is 1.55. The predicted octanol–water partition coefficient (Wildman–Crippen LogP) is 3.20. The monoisotopic (exact) mass is 384 g/mol. The lowest BCUT2D eigenvalue weighted by Crippen LogP contribution is -2.30. The molecule has 6 heteroatoms. The van der Waals surface area contributed by atoms with Crippen LogP contribution < -0.4 is 9.62 Å². The van der Waals surface area contributed by atoms with Crippen molar-refractivity contribution in [3.05, 3.63) is 64.7 Å². The summed E-state index contributed by atoms with van der Waals surface area (Å²) in [6.45, 7) is 2.49. The first-order chi connectivity index (χ1) is 12.8. The number of benzene rings is 2. The van der Waals surface area contributed by atoms with Crippen LogP contribution in [0.1, 0.15) is 45.9 Å². The second-order valence-electron chi connectivity index (χ2n) is 7.63.